The number of hydrazine groups is 1. The molecule has 1 aliphatic rings. The molecule has 3 aromatic heterocycles. The van der Waals surface area contributed by atoms with E-state index in [1.807, 2.05) is 20.1 Å². The number of carbonyl (C=O) groups excluding carboxylic acids is 2. The first-order chi connectivity index (χ1) is 15.0. The second-order valence-corrected chi connectivity index (χ2v) is 8.48. The van der Waals surface area contributed by atoms with E-state index in [1.54, 1.807) is 9.90 Å². The Bertz CT molecular complexity index is 1120. The van der Waals surface area contributed by atoms with Gasteiger partial charge in [0.2, 0.25) is 11.1 Å². The fourth-order valence-corrected chi connectivity index (χ4v) is 4.39. The molecule has 4 rings (SSSR count). The molecule has 13 heteroatoms. The standard InChI is InChI=1S/C18H22N8O3S2/c1-10-12(11(2)26-16(19-10)21-17(24-26)30-3)8-14(27)22-23-15(28)13-9-31-18(20-13)25-4-6-29-7-5-25/h9H,4-8H2,1-3H3,(H,22,27)(H,23,28). The molecule has 1 aliphatic heterocycles. The zero-order chi connectivity index (χ0) is 22.0. The smallest absolute Gasteiger partial charge is 0.289 e. The average molecular weight is 463 g/mol. The van der Waals surface area contributed by atoms with E-state index in [4.69, 9.17) is 4.74 Å². The molecule has 31 heavy (non-hydrogen) atoms. The van der Waals surface area contributed by atoms with Gasteiger partial charge in [-0.25, -0.2) is 14.5 Å². The van der Waals surface area contributed by atoms with Crippen molar-refractivity contribution in [3.63, 3.8) is 0 Å². The fraction of sp³-hybridized carbons (Fsp3) is 0.444. The first-order valence-electron chi connectivity index (χ1n) is 9.60. The Kier molecular flexibility index (Phi) is 6.34. The molecule has 2 amide bonds. The Labute approximate surface area is 186 Å². The maximum Gasteiger partial charge on any atom is 0.289 e. The van der Waals surface area contributed by atoms with Gasteiger partial charge in [0.05, 0.1) is 19.6 Å². The number of aryl methyl sites for hydroxylation is 2. The van der Waals surface area contributed by atoms with E-state index in [2.05, 4.69) is 35.8 Å². The molecule has 3 aromatic rings. The van der Waals surface area contributed by atoms with Crippen LogP contribution in [0.4, 0.5) is 5.13 Å². The molecule has 0 spiro atoms. The number of nitrogens with one attached hydrogen (secondary N) is 2. The second-order valence-electron chi connectivity index (χ2n) is 6.87. The van der Waals surface area contributed by atoms with Crippen LogP contribution in [0.5, 0.6) is 0 Å². The largest absolute Gasteiger partial charge is 0.378 e. The minimum Gasteiger partial charge on any atom is -0.378 e. The number of thiazole rings is 1. The number of nitrogens with zero attached hydrogens (tertiary/aromatic N) is 6. The van der Waals surface area contributed by atoms with E-state index in [1.165, 1.54) is 23.1 Å². The molecule has 4 heterocycles. The number of fused-ring (bicyclic) bond motifs is 1. The lowest BCUT2D eigenvalue weighted by Crippen LogP contribution is -2.42. The SMILES string of the molecule is CSc1nc2nc(C)c(CC(=O)NNC(=O)c3csc(N4CCOCC4)n3)c(C)n2n1. The van der Waals surface area contributed by atoms with Gasteiger partial charge in [-0.3, -0.25) is 20.4 Å². The van der Waals surface area contributed by atoms with Gasteiger partial charge in [0.1, 0.15) is 5.69 Å². The molecular formula is C18H22N8O3S2. The van der Waals surface area contributed by atoms with E-state index >= 15 is 0 Å². The highest BCUT2D eigenvalue weighted by Gasteiger charge is 2.19. The summed E-state index contributed by atoms with van der Waals surface area (Å²) in [7, 11) is 0. The molecule has 0 aromatic carbocycles. The number of thioether (sulfide) groups is 1. The van der Waals surface area contributed by atoms with Crippen LogP contribution >= 0.6 is 23.1 Å². The number of anilines is 1. The molecule has 1 fully saturated rings. The van der Waals surface area contributed by atoms with Crippen LogP contribution in [0.25, 0.3) is 5.78 Å². The van der Waals surface area contributed by atoms with Crippen LogP contribution in [0.1, 0.15) is 27.4 Å². The topological polar surface area (TPSA) is 127 Å². The Balaban J connectivity index is 1.38. The lowest BCUT2D eigenvalue weighted by atomic mass is 10.1. The van der Waals surface area contributed by atoms with E-state index in [-0.39, 0.29) is 18.0 Å². The first kappa shape index (κ1) is 21.5. The average Bonchev–Trinajstić information content (AvgIpc) is 3.43. The minimum absolute atomic E-state index is 0.0471. The highest BCUT2D eigenvalue weighted by atomic mass is 32.2. The van der Waals surface area contributed by atoms with Crippen LogP contribution < -0.4 is 15.8 Å². The van der Waals surface area contributed by atoms with Crippen LogP contribution in [-0.4, -0.2) is 68.9 Å². The Morgan fingerprint density at radius 2 is 1.97 bits per heavy atom. The van der Waals surface area contributed by atoms with Crippen LogP contribution in [0, 0.1) is 13.8 Å². The van der Waals surface area contributed by atoms with Gasteiger partial charge in [0.25, 0.3) is 11.7 Å². The van der Waals surface area contributed by atoms with Crippen LogP contribution in [0.15, 0.2) is 10.5 Å². The zero-order valence-electron chi connectivity index (χ0n) is 17.3. The van der Waals surface area contributed by atoms with Crippen molar-refractivity contribution in [2.45, 2.75) is 25.4 Å². The molecule has 0 saturated carbocycles. The van der Waals surface area contributed by atoms with Crippen molar-refractivity contribution in [3.05, 3.63) is 28.0 Å². The molecule has 2 N–H and O–H groups in total. The number of morpholine rings is 1. The maximum absolute atomic E-state index is 12.5. The van der Waals surface area contributed by atoms with Crippen LogP contribution in [0.2, 0.25) is 0 Å². The number of hydrogen-bond donors (Lipinski definition) is 2. The molecule has 1 saturated heterocycles. The van der Waals surface area contributed by atoms with Crippen LogP contribution in [0.3, 0.4) is 0 Å². The second kappa shape index (κ2) is 9.16. The van der Waals surface area contributed by atoms with Crippen molar-refractivity contribution in [1.29, 1.82) is 0 Å². The predicted octanol–water partition coefficient (Wildman–Crippen LogP) is 0.760. The molecule has 0 unspecified atom stereocenters. The van der Waals surface area contributed by atoms with Crippen LogP contribution in [-0.2, 0) is 16.0 Å². The van der Waals surface area contributed by atoms with Crippen molar-refractivity contribution in [1.82, 2.24) is 35.4 Å². The number of aromatic nitrogens is 5. The summed E-state index contributed by atoms with van der Waals surface area (Å²) >= 11 is 2.81. The quantitative estimate of drug-likeness (QED) is 0.417. The highest BCUT2D eigenvalue weighted by molar-refractivity contribution is 7.98. The highest BCUT2D eigenvalue weighted by Crippen LogP contribution is 2.21. The molecule has 11 nitrogen and oxygen atoms in total. The van der Waals surface area contributed by atoms with Gasteiger partial charge in [-0.05, 0) is 20.1 Å². The molecular weight excluding hydrogens is 440 g/mol. The van der Waals surface area contributed by atoms with Crippen molar-refractivity contribution in [2.24, 2.45) is 0 Å². The molecule has 164 valence electrons. The number of ether oxygens (including phenoxy) is 1. The van der Waals surface area contributed by atoms with E-state index in [0.717, 1.165) is 29.5 Å². The first-order valence-corrected chi connectivity index (χ1v) is 11.7. The number of rotatable bonds is 5. The van der Waals surface area contributed by atoms with E-state index < -0.39 is 5.91 Å². The normalized spacial score (nSPS) is 14.1. The summed E-state index contributed by atoms with van der Waals surface area (Å²) in [6.45, 7) is 6.46. The van der Waals surface area contributed by atoms with Crippen molar-refractivity contribution >= 4 is 45.8 Å². The third-order valence-corrected chi connectivity index (χ3v) is 6.31. The Hall–Kier alpha value is -2.77. The summed E-state index contributed by atoms with van der Waals surface area (Å²) < 4.78 is 6.96. The minimum atomic E-state index is -0.466. The molecule has 0 radical (unpaired) electrons. The third-order valence-electron chi connectivity index (χ3n) is 4.87. The van der Waals surface area contributed by atoms with Gasteiger partial charge in [-0.1, -0.05) is 11.8 Å². The summed E-state index contributed by atoms with van der Waals surface area (Å²) in [5.74, 6) is -0.335. The maximum atomic E-state index is 12.5. The van der Waals surface area contributed by atoms with Gasteiger partial charge in [-0.2, -0.15) is 4.98 Å². The fourth-order valence-electron chi connectivity index (χ4n) is 3.20. The van der Waals surface area contributed by atoms with Gasteiger partial charge in [0, 0.05) is 35.4 Å². The summed E-state index contributed by atoms with van der Waals surface area (Å²) in [5.41, 5.74) is 7.36. The number of hydrogen-bond acceptors (Lipinski definition) is 10. The molecule has 0 aliphatic carbocycles. The van der Waals surface area contributed by atoms with Gasteiger partial charge >= 0.3 is 0 Å². The monoisotopic (exact) mass is 462 g/mol. The van der Waals surface area contributed by atoms with Crippen molar-refractivity contribution in [3.8, 4) is 0 Å². The number of amides is 2. The van der Waals surface area contributed by atoms with Crippen molar-refractivity contribution in [2.75, 3.05) is 37.5 Å². The predicted molar refractivity (Wildman–Crippen MR) is 116 cm³/mol. The van der Waals surface area contributed by atoms with Gasteiger partial charge in [-0.15, -0.1) is 16.4 Å². The summed E-state index contributed by atoms with van der Waals surface area (Å²) in [4.78, 5) is 40.0. The lowest BCUT2D eigenvalue weighted by Gasteiger charge is -2.25. The van der Waals surface area contributed by atoms with E-state index in [0.29, 0.717) is 29.8 Å². The van der Waals surface area contributed by atoms with Gasteiger partial charge in [0.15, 0.2) is 5.13 Å². The summed E-state index contributed by atoms with van der Waals surface area (Å²) in [5, 5.41) is 7.43. The molecule has 0 atom stereocenters. The zero-order valence-corrected chi connectivity index (χ0v) is 19.0. The van der Waals surface area contributed by atoms with Gasteiger partial charge < -0.3 is 9.64 Å². The summed E-state index contributed by atoms with van der Waals surface area (Å²) in [6.07, 6.45) is 1.94. The Morgan fingerprint density at radius 3 is 2.71 bits per heavy atom. The third kappa shape index (κ3) is 4.62. The van der Waals surface area contributed by atoms with Crippen molar-refractivity contribution < 1.29 is 14.3 Å². The molecule has 0 bridgehead atoms. The summed E-state index contributed by atoms with van der Waals surface area (Å²) in [6, 6.07) is 0. The number of carbonyl (C=O) groups is 2. The lowest BCUT2D eigenvalue weighted by molar-refractivity contribution is -0.121. The Morgan fingerprint density at radius 1 is 1.19 bits per heavy atom. The van der Waals surface area contributed by atoms with E-state index in [9.17, 15) is 9.59 Å².